The van der Waals surface area contributed by atoms with Gasteiger partial charge in [-0.05, 0) is 29.7 Å². The molecule has 0 bridgehead atoms. The monoisotopic (exact) mass is 493 g/mol. The Labute approximate surface area is 201 Å². The van der Waals surface area contributed by atoms with Gasteiger partial charge in [0.15, 0.2) is 0 Å². The lowest BCUT2D eigenvalue weighted by molar-refractivity contribution is -0.137. The molecule has 1 aromatic heterocycles. The number of aromatic amines is 1. The summed E-state index contributed by atoms with van der Waals surface area (Å²) in [7, 11) is 0. The number of benzene rings is 3. The van der Waals surface area contributed by atoms with Crippen molar-refractivity contribution in [1.29, 1.82) is 0 Å². The van der Waals surface area contributed by atoms with Gasteiger partial charge in [0.25, 0.3) is 5.56 Å². The van der Waals surface area contributed by atoms with Crippen molar-refractivity contribution in [3.63, 3.8) is 0 Å². The largest absolute Gasteiger partial charge is 0.416 e. The first-order valence-electron chi connectivity index (χ1n) is 10.9. The van der Waals surface area contributed by atoms with Gasteiger partial charge in [0.2, 0.25) is 17.8 Å². The number of nitrogens with zero attached hydrogens (tertiary/aromatic N) is 1. The number of hydrogen-bond acceptors (Lipinski definition) is 5. The maximum Gasteiger partial charge on any atom is 0.416 e. The maximum absolute atomic E-state index is 13.2. The number of alkyl halides is 3. The molecule has 0 saturated carbocycles. The second-order valence-electron chi connectivity index (χ2n) is 8.20. The molecule has 5 rings (SSSR count). The molecule has 0 saturated heterocycles. The number of amides is 2. The van der Waals surface area contributed by atoms with Gasteiger partial charge >= 0.3 is 6.18 Å². The van der Waals surface area contributed by atoms with Gasteiger partial charge in [0.1, 0.15) is 5.82 Å². The first-order valence-corrected chi connectivity index (χ1v) is 10.9. The highest BCUT2D eigenvalue weighted by molar-refractivity contribution is 6.08. The molecule has 0 aliphatic carbocycles. The molecule has 11 heteroatoms. The van der Waals surface area contributed by atoms with E-state index in [0.29, 0.717) is 5.69 Å². The van der Waals surface area contributed by atoms with Crippen molar-refractivity contribution in [2.45, 2.75) is 18.5 Å². The summed E-state index contributed by atoms with van der Waals surface area (Å²) >= 11 is 0. The summed E-state index contributed by atoms with van der Waals surface area (Å²) in [6, 6.07) is 17.2. The average molecular weight is 493 g/mol. The van der Waals surface area contributed by atoms with Crippen molar-refractivity contribution < 1.29 is 22.8 Å². The first-order chi connectivity index (χ1) is 17.2. The Hall–Kier alpha value is -4.67. The zero-order valence-corrected chi connectivity index (χ0v) is 18.4. The molecule has 0 unspecified atom stereocenters. The summed E-state index contributed by atoms with van der Waals surface area (Å²) in [5, 5.41) is 9.57. The summed E-state index contributed by atoms with van der Waals surface area (Å²) in [6.07, 6.45) is -4.82. The summed E-state index contributed by atoms with van der Waals surface area (Å²) in [5.41, 5.74) is -1.07. The fourth-order valence-electron chi connectivity index (χ4n) is 4.12. The Morgan fingerprint density at radius 2 is 1.75 bits per heavy atom. The van der Waals surface area contributed by atoms with Gasteiger partial charge in [0, 0.05) is 23.2 Å². The number of halogens is 3. The van der Waals surface area contributed by atoms with E-state index in [2.05, 4.69) is 25.9 Å². The van der Waals surface area contributed by atoms with Crippen LogP contribution in [0.4, 0.5) is 36.3 Å². The van der Waals surface area contributed by atoms with E-state index >= 15 is 0 Å². The van der Waals surface area contributed by atoms with Crippen LogP contribution in [0.2, 0.25) is 0 Å². The summed E-state index contributed by atoms with van der Waals surface area (Å²) < 4.78 is 39.0. The van der Waals surface area contributed by atoms with Crippen LogP contribution in [0.3, 0.4) is 0 Å². The molecule has 182 valence electrons. The van der Waals surface area contributed by atoms with E-state index in [4.69, 9.17) is 0 Å². The number of aromatic nitrogens is 2. The summed E-state index contributed by atoms with van der Waals surface area (Å²) in [6.45, 7) is 0. The van der Waals surface area contributed by atoms with Crippen molar-refractivity contribution in [3.05, 3.63) is 88.2 Å². The maximum atomic E-state index is 13.2. The van der Waals surface area contributed by atoms with Crippen LogP contribution in [0.25, 0.3) is 10.8 Å². The lowest BCUT2D eigenvalue weighted by atomic mass is 9.92. The third-order valence-corrected chi connectivity index (χ3v) is 5.77. The Kier molecular flexibility index (Phi) is 5.67. The summed E-state index contributed by atoms with van der Waals surface area (Å²) in [4.78, 5) is 45.1. The Balaban J connectivity index is 1.45. The smallest absolute Gasteiger partial charge is 0.326 e. The molecule has 4 aromatic rings. The van der Waals surface area contributed by atoms with Crippen LogP contribution in [0.1, 0.15) is 23.5 Å². The Bertz CT molecular complexity index is 1560. The van der Waals surface area contributed by atoms with E-state index < -0.39 is 35.0 Å². The highest BCUT2D eigenvalue weighted by Crippen LogP contribution is 2.33. The van der Waals surface area contributed by atoms with Crippen molar-refractivity contribution >= 4 is 45.7 Å². The Morgan fingerprint density at radius 3 is 2.56 bits per heavy atom. The van der Waals surface area contributed by atoms with Gasteiger partial charge in [-0.25, -0.2) is 0 Å². The first kappa shape index (κ1) is 23.1. The van der Waals surface area contributed by atoms with Crippen LogP contribution in [-0.2, 0) is 15.8 Å². The molecule has 0 spiro atoms. The number of fused-ring (bicyclic) bond motifs is 2. The molecule has 1 aliphatic rings. The number of nitrogens with one attached hydrogen (secondary N) is 4. The van der Waals surface area contributed by atoms with Gasteiger partial charge in [-0.1, -0.05) is 42.5 Å². The van der Waals surface area contributed by atoms with Crippen LogP contribution >= 0.6 is 0 Å². The van der Waals surface area contributed by atoms with Crippen LogP contribution < -0.4 is 21.5 Å². The fraction of sp³-hybridized carbons (Fsp3) is 0.120. The minimum Gasteiger partial charge on any atom is -0.326 e. The molecule has 0 radical (unpaired) electrons. The third-order valence-electron chi connectivity index (χ3n) is 5.77. The van der Waals surface area contributed by atoms with E-state index in [1.54, 1.807) is 12.1 Å². The molecule has 4 N–H and O–H groups in total. The standard InChI is InChI=1S/C25H18F3N5O3/c26-25(27,28)14-7-4-8-15(11-14)29-24-32-21-20(23(36)33-24)17(12-19(34)31-21)22(35)30-18-10-3-6-13-5-1-2-9-16(13)18/h1-11,17H,12H2,(H,30,35)(H3,29,31,32,33,34,36)/t17-/m1/s1. The minimum atomic E-state index is -4.55. The molecule has 2 amide bonds. The second-order valence-corrected chi connectivity index (χ2v) is 8.20. The molecule has 3 aromatic carbocycles. The van der Waals surface area contributed by atoms with Crippen molar-refractivity contribution in [3.8, 4) is 0 Å². The topological polar surface area (TPSA) is 116 Å². The normalized spacial score (nSPS) is 15.2. The highest BCUT2D eigenvalue weighted by atomic mass is 19.4. The molecule has 1 aliphatic heterocycles. The minimum absolute atomic E-state index is 0.0281. The van der Waals surface area contributed by atoms with E-state index in [1.165, 1.54) is 12.1 Å². The van der Waals surface area contributed by atoms with Crippen LogP contribution in [0, 0.1) is 0 Å². The van der Waals surface area contributed by atoms with Gasteiger partial charge in [-0.2, -0.15) is 18.2 Å². The average Bonchev–Trinajstić information content (AvgIpc) is 2.83. The van der Waals surface area contributed by atoms with Crippen LogP contribution in [0.5, 0.6) is 0 Å². The van der Waals surface area contributed by atoms with E-state index in [0.717, 1.165) is 22.9 Å². The molecule has 2 heterocycles. The SMILES string of the molecule is O=C1C[C@@H](C(=O)Nc2cccc3ccccc23)c2c(nc(Nc3cccc(C(F)(F)F)c3)[nH]c2=O)N1. The predicted molar refractivity (Wildman–Crippen MR) is 128 cm³/mol. The number of H-pyrrole nitrogens is 1. The lowest BCUT2D eigenvalue weighted by Gasteiger charge is -2.24. The van der Waals surface area contributed by atoms with E-state index in [-0.39, 0.29) is 29.4 Å². The van der Waals surface area contributed by atoms with Gasteiger partial charge < -0.3 is 16.0 Å². The van der Waals surface area contributed by atoms with Crippen molar-refractivity contribution in [2.75, 3.05) is 16.0 Å². The number of rotatable bonds is 4. The second kappa shape index (κ2) is 8.84. The molecule has 36 heavy (non-hydrogen) atoms. The number of carbonyl (C=O) groups excluding carboxylic acids is 2. The highest BCUT2D eigenvalue weighted by Gasteiger charge is 2.35. The zero-order valence-electron chi connectivity index (χ0n) is 18.4. The van der Waals surface area contributed by atoms with E-state index in [1.807, 2.05) is 30.3 Å². The molecular formula is C25H18F3N5O3. The summed E-state index contributed by atoms with van der Waals surface area (Å²) in [5.74, 6) is -2.53. The Morgan fingerprint density at radius 1 is 1.00 bits per heavy atom. The molecular weight excluding hydrogens is 475 g/mol. The van der Waals surface area contributed by atoms with Gasteiger partial charge in [-0.3, -0.25) is 19.4 Å². The molecule has 8 nitrogen and oxygen atoms in total. The number of anilines is 4. The quantitative estimate of drug-likeness (QED) is 0.328. The zero-order chi connectivity index (χ0) is 25.4. The number of carbonyl (C=O) groups is 2. The fourth-order valence-corrected chi connectivity index (χ4v) is 4.12. The molecule has 1 atom stereocenters. The van der Waals surface area contributed by atoms with E-state index in [9.17, 15) is 27.6 Å². The van der Waals surface area contributed by atoms with Crippen molar-refractivity contribution in [2.24, 2.45) is 0 Å². The molecule has 0 fully saturated rings. The van der Waals surface area contributed by atoms with Gasteiger partial charge in [-0.15, -0.1) is 0 Å². The number of hydrogen-bond donors (Lipinski definition) is 4. The van der Waals surface area contributed by atoms with Crippen LogP contribution in [-0.4, -0.2) is 21.8 Å². The predicted octanol–water partition coefficient (Wildman–Crippen LogP) is 4.75. The van der Waals surface area contributed by atoms with Crippen LogP contribution in [0.15, 0.2) is 71.5 Å². The third kappa shape index (κ3) is 4.50. The lowest BCUT2D eigenvalue weighted by Crippen LogP contribution is -2.36. The van der Waals surface area contributed by atoms with Crippen molar-refractivity contribution in [1.82, 2.24) is 9.97 Å². The van der Waals surface area contributed by atoms with Gasteiger partial charge in [0.05, 0.1) is 17.0 Å².